The number of fused-ring (bicyclic) bond motifs is 3. The second-order valence-electron chi connectivity index (χ2n) is 8.34. The van der Waals surface area contributed by atoms with Gasteiger partial charge in [0, 0.05) is 17.8 Å². The van der Waals surface area contributed by atoms with Gasteiger partial charge in [0.15, 0.2) is 5.78 Å². The molecule has 0 aromatic heterocycles. The Balaban J connectivity index is 1.98. The molecule has 132 valence electrons. The monoisotopic (exact) mass is 332 g/mol. The first-order valence-electron chi connectivity index (χ1n) is 9.16. The van der Waals surface area contributed by atoms with E-state index in [-0.39, 0.29) is 29.4 Å². The van der Waals surface area contributed by atoms with E-state index in [1.807, 2.05) is 13.8 Å². The van der Waals surface area contributed by atoms with Crippen LogP contribution in [-0.4, -0.2) is 24.6 Å². The van der Waals surface area contributed by atoms with Gasteiger partial charge in [-0.05, 0) is 57.4 Å². The van der Waals surface area contributed by atoms with E-state index in [1.165, 1.54) is 12.7 Å². The highest BCUT2D eigenvalue weighted by atomic mass is 16.5. The maximum atomic E-state index is 13.1. The Labute approximate surface area is 144 Å². The van der Waals surface area contributed by atoms with Gasteiger partial charge in [0.25, 0.3) is 0 Å². The molecule has 4 heteroatoms. The Morgan fingerprint density at radius 1 is 1.17 bits per heavy atom. The molecule has 3 aliphatic rings. The van der Waals surface area contributed by atoms with Crippen molar-refractivity contribution in [3.63, 3.8) is 0 Å². The van der Waals surface area contributed by atoms with Crippen LogP contribution in [0, 0.1) is 22.7 Å². The summed E-state index contributed by atoms with van der Waals surface area (Å²) in [4.78, 5) is 37.7. The predicted octanol–water partition coefficient (Wildman–Crippen LogP) is 3.63. The van der Waals surface area contributed by atoms with Gasteiger partial charge in [-0.1, -0.05) is 18.9 Å². The summed E-state index contributed by atoms with van der Waals surface area (Å²) >= 11 is 0. The zero-order valence-corrected chi connectivity index (χ0v) is 15.0. The van der Waals surface area contributed by atoms with E-state index in [9.17, 15) is 14.4 Å². The Morgan fingerprint density at radius 2 is 1.92 bits per heavy atom. The lowest BCUT2D eigenvalue weighted by Gasteiger charge is -2.50. The zero-order valence-electron chi connectivity index (χ0n) is 15.0. The highest BCUT2D eigenvalue weighted by Gasteiger charge is 2.56. The molecule has 4 unspecified atom stereocenters. The van der Waals surface area contributed by atoms with E-state index in [2.05, 4.69) is 0 Å². The molecule has 0 amide bonds. The largest absolute Gasteiger partial charge is 0.469 e. The molecule has 0 aromatic carbocycles. The molecule has 0 aliphatic heterocycles. The van der Waals surface area contributed by atoms with Gasteiger partial charge in [-0.15, -0.1) is 0 Å². The summed E-state index contributed by atoms with van der Waals surface area (Å²) in [7, 11) is 1.43. The molecule has 0 heterocycles. The minimum atomic E-state index is -0.612. The smallest absolute Gasteiger partial charge is 0.311 e. The van der Waals surface area contributed by atoms with E-state index < -0.39 is 10.8 Å². The van der Waals surface area contributed by atoms with Crippen molar-refractivity contribution < 1.29 is 19.1 Å². The van der Waals surface area contributed by atoms with Crippen molar-refractivity contribution in [3.05, 3.63) is 11.6 Å². The average molecular weight is 332 g/mol. The summed E-state index contributed by atoms with van der Waals surface area (Å²) in [6.07, 6.45) is 7.74. The first-order chi connectivity index (χ1) is 11.3. The molecule has 2 saturated carbocycles. The summed E-state index contributed by atoms with van der Waals surface area (Å²) in [6, 6.07) is 0. The molecule has 4 atom stereocenters. The first kappa shape index (κ1) is 17.4. The Kier molecular flexibility index (Phi) is 4.43. The molecule has 0 spiro atoms. The zero-order chi connectivity index (χ0) is 17.5. The number of ketones is 2. The van der Waals surface area contributed by atoms with E-state index >= 15 is 0 Å². The molecule has 0 radical (unpaired) electrons. The van der Waals surface area contributed by atoms with Crippen LogP contribution in [0.2, 0.25) is 0 Å². The fourth-order valence-electron chi connectivity index (χ4n) is 5.46. The van der Waals surface area contributed by atoms with Gasteiger partial charge in [0.05, 0.1) is 12.5 Å². The summed E-state index contributed by atoms with van der Waals surface area (Å²) in [5, 5.41) is 0. The van der Waals surface area contributed by atoms with Gasteiger partial charge in [-0.25, -0.2) is 0 Å². The van der Waals surface area contributed by atoms with Crippen LogP contribution in [0.15, 0.2) is 11.6 Å². The number of carbonyl (C=O) groups excluding carboxylic acids is 3. The quantitative estimate of drug-likeness (QED) is 0.688. The lowest BCUT2D eigenvalue weighted by Crippen LogP contribution is -2.52. The van der Waals surface area contributed by atoms with Crippen LogP contribution in [-0.2, 0) is 19.1 Å². The number of allylic oxidation sites excluding steroid dienone is 2. The van der Waals surface area contributed by atoms with Gasteiger partial charge in [-0.2, -0.15) is 0 Å². The fourth-order valence-corrected chi connectivity index (χ4v) is 5.46. The Bertz CT molecular complexity index is 605. The number of ether oxygens (including phenoxy) is 1. The minimum Gasteiger partial charge on any atom is -0.469 e. The molecule has 0 N–H and O–H groups in total. The van der Waals surface area contributed by atoms with Crippen LogP contribution in [0.3, 0.4) is 0 Å². The fraction of sp³-hybridized carbons (Fsp3) is 0.750. The SMILES string of the molecule is COC(=O)C1(C)CCCC2(C)C(=O)CCC3CC(=CC3=O)CCC21. The van der Waals surface area contributed by atoms with Crippen LogP contribution >= 0.6 is 0 Å². The molecule has 24 heavy (non-hydrogen) atoms. The normalized spacial score (nSPS) is 39.9. The molecular formula is C20H28O4. The standard InChI is InChI=1S/C20H28O4/c1-19-9-4-10-20(2,18(23)24-3)16(19)7-5-13-11-14(15(21)12-13)6-8-17(19)22/h12,14,16H,4-11H2,1-3H3. The van der Waals surface area contributed by atoms with Crippen molar-refractivity contribution in [3.8, 4) is 0 Å². The maximum absolute atomic E-state index is 13.1. The maximum Gasteiger partial charge on any atom is 0.311 e. The third-order valence-corrected chi connectivity index (χ3v) is 6.95. The molecule has 2 fully saturated rings. The van der Waals surface area contributed by atoms with E-state index in [4.69, 9.17) is 4.74 Å². The Morgan fingerprint density at radius 3 is 2.62 bits per heavy atom. The predicted molar refractivity (Wildman–Crippen MR) is 90.2 cm³/mol. The van der Waals surface area contributed by atoms with E-state index in [1.54, 1.807) is 6.08 Å². The third kappa shape index (κ3) is 2.64. The molecule has 2 bridgehead atoms. The number of hydrogen-bond donors (Lipinski definition) is 0. The van der Waals surface area contributed by atoms with Gasteiger partial charge >= 0.3 is 5.97 Å². The number of Topliss-reactive ketones (excluding diaryl/α,β-unsaturated/α-hetero) is 1. The second kappa shape index (κ2) is 6.12. The van der Waals surface area contributed by atoms with Crippen LogP contribution in [0.1, 0.15) is 65.2 Å². The van der Waals surface area contributed by atoms with Crippen LogP contribution in [0.4, 0.5) is 0 Å². The lowest BCUT2D eigenvalue weighted by molar-refractivity contribution is -0.166. The summed E-state index contributed by atoms with van der Waals surface area (Å²) in [5.41, 5.74) is 0.0975. The number of rotatable bonds is 1. The minimum absolute atomic E-state index is 0.000295. The highest BCUT2D eigenvalue weighted by Crippen LogP contribution is 2.55. The molecule has 4 nitrogen and oxygen atoms in total. The highest BCUT2D eigenvalue weighted by molar-refractivity contribution is 5.96. The summed E-state index contributed by atoms with van der Waals surface area (Å²) in [6.45, 7) is 4.01. The van der Waals surface area contributed by atoms with Crippen LogP contribution in [0.25, 0.3) is 0 Å². The third-order valence-electron chi connectivity index (χ3n) is 6.95. The van der Waals surface area contributed by atoms with Gasteiger partial charge < -0.3 is 4.74 Å². The van der Waals surface area contributed by atoms with Crippen molar-refractivity contribution in [1.29, 1.82) is 0 Å². The topological polar surface area (TPSA) is 60.4 Å². The summed E-state index contributed by atoms with van der Waals surface area (Å²) in [5.74, 6) is 0.193. The van der Waals surface area contributed by atoms with Crippen molar-refractivity contribution >= 4 is 17.5 Å². The van der Waals surface area contributed by atoms with Crippen LogP contribution < -0.4 is 0 Å². The number of esters is 1. The second-order valence-corrected chi connectivity index (χ2v) is 8.34. The van der Waals surface area contributed by atoms with E-state index in [0.717, 1.165) is 38.5 Å². The van der Waals surface area contributed by atoms with Gasteiger partial charge in [0.1, 0.15) is 5.78 Å². The van der Waals surface area contributed by atoms with Gasteiger partial charge in [0.2, 0.25) is 0 Å². The number of hydrogen-bond acceptors (Lipinski definition) is 4. The van der Waals surface area contributed by atoms with E-state index in [0.29, 0.717) is 12.8 Å². The van der Waals surface area contributed by atoms with Crippen molar-refractivity contribution in [1.82, 2.24) is 0 Å². The molecule has 3 rings (SSSR count). The van der Waals surface area contributed by atoms with Crippen molar-refractivity contribution in [2.45, 2.75) is 65.2 Å². The average Bonchev–Trinajstić information content (AvgIpc) is 2.90. The molecule has 0 saturated heterocycles. The van der Waals surface area contributed by atoms with Gasteiger partial charge in [-0.3, -0.25) is 14.4 Å². The molecular weight excluding hydrogens is 304 g/mol. The molecule has 0 aromatic rings. The van der Waals surface area contributed by atoms with Crippen molar-refractivity contribution in [2.24, 2.45) is 22.7 Å². The first-order valence-corrected chi connectivity index (χ1v) is 9.16. The number of methoxy groups -OCH3 is 1. The van der Waals surface area contributed by atoms with Crippen molar-refractivity contribution in [2.75, 3.05) is 7.11 Å². The number of carbonyl (C=O) groups is 3. The molecule has 3 aliphatic carbocycles. The Hall–Kier alpha value is -1.45. The summed E-state index contributed by atoms with van der Waals surface area (Å²) < 4.78 is 5.11. The van der Waals surface area contributed by atoms with Crippen LogP contribution in [0.5, 0.6) is 0 Å². The lowest BCUT2D eigenvalue weighted by atomic mass is 9.52.